The lowest BCUT2D eigenvalue weighted by molar-refractivity contribution is 0.560. The number of oxazole rings is 1. The van der Waals surface area contributed by atoms with Crippen molar-refractivity contribution >= 4 is 27.3 Å². The molecule has 0 fully saturated rings. The summed E-state index contributed by atoms with van der Waals surface area (Å²) in [4.78, 5) is 4.42. The van der Waals surface area contributed by atoms with Crippen LogP contribution in [0, 0.1) is 0 Å². The normalized spacial score (nSPS) is 11.2. The van der Waals surface area contributed by atoms with Gasteiger partial charge in [-0.3, -0.25) is 0 Å². The van der Waals surface area contributed by atoms with Crippen LogP contribution in [0.25, 0.3) is 11.5 Å². The van der Waals surface area contributed by atoms with Gasteiger partial charge in [-0.1, -0.05) is 13.8 Å². The second kappa shape index (κ2) is 5.12. The van der Waals surface area contributed by atoms with Gasteiger partial charge in [0.2, 0.25) is 5.89 Å². The molecule has 0 unspecified atom stereocenters. The maximum Gasteiger partial charge on any atom is 0.227 e. The van der Waals surface area contributed by atoms with Crippen LogP contribution in [0.2, 0.25) is 0 Å². The van der Waals surface area contributed by atoms with Crippen LogP contribution in [0.15, 0.2) is 25.9 Å². The summed E-state index contributed by atoms with van der Waals surface area (Å²) in [5.41, 5.74) is 1.96. The van der Waals surface area contributed by atoms with Crippen LogP contribution in [0.4, 0.5) is 0 Å². The molecule has 0 aliphatic heterocycles. The average Bonchev–Trinajstić information content (AvgIpc) is 2.83. The molecule has 16 heavy (non-hydrogen) atoms. The first-order valence-electron chi connectivity index (χ1n) is 5.07. The number of thiophene rings is 1. The molecule has 0 aliphatic rings. The molecule has 2 heterocycles. The van der Waals surface area contributed by atoms with E-state index in [1.54, 1.807) is 17.6 Å². The standard InChI is InChI=1S/C11H13BrN2OS/c1-7(2)13-4-9-5-15-11(14-9)8-3-10(12)16-6-8/h3,5-7,13H,4H2,1-2H3. The minimum atomic E-state index is 0.454. The van der Waals surface area contributed by atoms with Crippen molar-refractivity contribution in [3.05, 3.63) is 27.2 Å². The van der Waals surface area contributed by atoms with Gasteiger partial charge in [0, 0.05) is 23.5 Å². The van der Waals surface area contributed by atoms with Crippen molar-refractivity contribution in [3.8, 4) is 11.5 Å². The van der Waals surface area contributed by atoms with Crippen LogP contribution in [-0.2, 0) is 6.54 Å². The zero-order valence-electron chi connectivity index (χ0n) is 9.16. The van der Waals surface area contributed by atoms with E-state index in [9.17, 15) is 0 Å². The van der Waals surface area contributed by atoms with E-state index in [0.717, 1.165) is 21.6 Å². The van der Waals surface area contributed by atoms with Gasteiger partial charge in [-0.15, -0.1) is 11.3 Å². The highest BCUT2D eigenvalue weighted by atomic mass is 79.9. The third-order valence-electron chi connectivity index (χ3n) is 2.06. The highest BCUT2D eigenvalue weighted by Gasteiger charge is 2.08. The molecule has 0 spiro atoms. The lowest BCUT2D eigenvalue weighted by Gasteiger charge is -2.03. The molecule has 2 aromatic heterocycles. The van der Waals surface area contributed by atoms with Crippen molar-refractivity contribution in [2.75, 3.05) is 0 Å². The van der Waals surface area contributed by atoms with Crippen LogP contribution in [0.1, 0.15) is 19.5 Å². The zero-order chi connectivity index (χ0) is 11.5. The molecular formula is C11H13BrN2OS. The first kappa shape index (κ1) is 11.8. The predicted molar refractivity (Wildman–Crippen MR) is 69.5 cm³/mol. The quantitative estimate of drug-likeness (QED) is 0.936. The molecule has 2 rings (SSSR count). The Morgan fingerprint density at radius 1 is 1.56 bits per heavy atom. The van der Waals surface area contributed by atoms with Crippen LogP contribution >= 0.6 is 27.3 Å². The molecular weight excluding hydrogens is 288 g/mol. The summed E-state index contributed by atoms with van der Waals surface area (Å²) < 4.78 is 6.52. The van der Waals surface area contributed by atoms with Gasteiger partial charge in [0.1, 0.15) is 6.26 Å². The van der Waals surface area contributed by atoms with Gasteiger partial charge in [0.25, 0.3) is 0 Å². The van der Waals surface area contributed by atoms with Gasteiger partial charge in [-0.05, 0) is 22.0 Å². The smallest absolute Gasteiger partial charge is 0.227 e. The fourth-order valence-electron chi connectivity index (χ4n) is 1.25. The van der Waals surface area contributed by atoms with Gasteiger partial charge >= 0.3 is 0 Å². The lowest BCUT2D eigenvalue weighted by Crippen LogP contribution is -2.21. The van der Waals surface area contributed by atoms with Gasteiger partial charge in [-0.2, -0.15) is 0 Å². The van der Waals surface area contributed by atoms with Crippen molar-refractivity contribution < 1.29 is 4.42 Å². The van der Waals surface area contributed by atoms with Crippen LogP contribution < -0.4 is 5.32 Å². The van der Waals surface area contributed by atoms with Crippen molar-refractivity contribution in [1.82, 2.24) is 10.3 Å². The molecule has 0 atom stereocenters. The molecule has 0 aliphatic carbocycles. The van der Waals surface area contributed by atoms with E-state index < -0.39 is 0 Å². The van der Waals surface area contributed by atoms with E-state index in [-0.39, 0.29) is 0 Å². The number of rotatable bonds is 4. The molecule has 0 amide bonds. The van der Waals surface area contributed by atoms with Crippen molar-refractivity contribution in [2.45, 2.75) is 26.4 Å². The Morgan fingerprint density at radius 3 is 3.00 bits per heavy atom. The molecule has 0 bridgehead atoms. The highest BCUT2D eigenvalue weighted by Crippen LogP contribution is 2.28. The zero-order valence-corrected chi connectivity index (χ0v) is 11.6. The summed E-state index contributed by atoms with van der Waals surface area (Å²) in [5, 5.41) is 5.33. The summed E-state index contributed by atoms with van der Waals surface area (Å²) in [5.74, 6) is 0.683. The van der Waals surface area contributed by atoms with E-state index in [1.807, 2.05) is 11.4 Å². The van der Waals surface area contributed by atoms with E-state index in [1.165, 1.54) is 0 Å². The summed E-state index contributed by atoms with van der Waals surface area (Å²) >= 11 is 5.05. The summed E-state index contributed by atoms with van der Waals surface area (Å²) in [6, 6.07) is 2.46. The number of hydrogen-bond donors (Lipinski definition) is 1. The third-order valence-corrected chi connectivity index (χ3v) is 3.56. The van der Waals surface area contributed by atoms with Crippen LogP contribution in [-0.4, -0.2) is 11.0 Å². The topological polar surface area (TPSA) is 38.1 Å². The van der Waals surface area contributed by atoms with E-state index in [0.29, 0.717) is 11.9 Å². The third kappa shape index (κ3) is 2.93. The number of hydrogen-bond acceptors (Lipinski definition) is 4. The SMILES string of the molecule is CC(C)NCc1coc(-c2csc(Br)c2)n1. The second-order valence-corrected chi connectivity index (χ2v) is 6.11. The molecule has 2 aromatic rings. The van der Waals surface area contributed by atoms with E-state index in [2.05, 4.69) is 40.1 Å². The average molecular weight is 301 g/mol. The number of aromatic nitrogens is 1. The Morgan fingerprint density at radius 2 is 2.38 bits per heavy atom. The van der Waals surface area contributed by atoms with E-state index in [4.69, 9.17) is 4.42 Å². The molecule has 0 radical (unpaired) electrons. The summed E-state index contributed by atoms with van der Waals surface area (Å²) in [7, 11) is 0. The molecule has 0 saturated carbocycles. The first-order chi connectivity index (χ1) is 7.65. The Kier molecular flexibility index (Phi) is 3.78. The second-order valence-electron chi connectivity index (χ2n) is 3.82. The van der Waals surface area contributed by atoms with Gasteiger partial charge < -0.3 is 9.73 Å². The maximum absolute atomic E-state index is 5.43. The van der Waals surface area contributed by atoms with E-state index >= 15 is 0 Å². The van der Waals surface area contributed by atoms with Crippen molar-refractivity contribution in [2.24, 2.45) is 0 Å². The Bertz CT molecular complexity index is 464. The van der Waals surface area contributed by atoms with Gasteiger partial charge in [0.05, 0.1) is 9.48 Å². The summed E-state index contributed by atoms with van der Waals surface area (Å²) in [6.45, 7) is 4.96. The molecule has 0 saturated heterocycles. The molecule has 1 N–H and O–H groups in total. The minimum Gasteiger partial charge on any atom is -0.444 e. The molecule has 0 aromatic carbocycles. The first-order valence-corrected chi connectivity index (χ1v) is 6.74. The van der Waals surface area contributed by atoms with Gasteiger partial charge in [-0.25, -0.2) is 4.98 Å². The largest absolute Gasteiger partial charge is 0.444 e. The fraction of sp³-hybridized carbons (Fsp3) is 0.364. The Labute approximate surface area is 107 Å². The number of halogens is 1. The Hall–Kier alpha value is -0.650. The predicted octanol–water partition coefficient (Wildman–Crippen LogP) is 3.66. The van der Waals surface area contributed by atoms with Crippen LogP contribution in [0.5, 0.6) is 0 Å². The lowest BCUT2D eigenvalue weighted by atomic mass is 10.3. The monoisotopic (exact) mass is 300 g/mol. The van der Waals surface area contributed by atoms with Gasteiger partial charge in [0.15, 0.2) is 0 Å². The van der Waals surface area contributed by atoms with Crippen molar-refractivity contribution in [3.63, 3.8) is 0 Å². The molecule has 86 valence electrons. The van der Waals surface area contributed by atoms with Crippen LogP contribution in [0.3, 0.4) is 0 Å². The number of nitrogens with one attached hydrogen (secondary N) is 1. The van der Waals surface area contributed by atoms with Crippen molar-refractivity contribution in [1.29, 1.82) is 0 Å². The molecule has 3 nitrogen and oxygen atoms in total. The fourth-order valence-corrected chi connectivity index (χ4v) is 2.38. The summed E-state index contributed by atoms with van der Waals surface area (Å²) in [6.07, 6.45) is 1.70. The minimum absolute atomic E-state index is 0.454. The maximum atomic E-state index is 5.43. The Balaban J connectivity index is 2.07. The highest BCUT2D eigenvalue weighted by molar-refractivity contribution is 9.11. The molecule has 5 heteroatoms. The number of nitrogens with zero attached hydrogens (tertiary/aromatic N) is 1.